The minimum atomic E-state index is -0.933. The van der Waals surface area contributed by atoms with Crippen LogP contribution < -0.4 is 16.8 Å². The SMILES string of the molecule is NC(=O)C[C@@H](N)C(=O)NC1CCN(C(=O)Cn2ccc3ccncc32)CC1. The van der Waals surface area contributed by atoms with Gasteiger partial charge in [-0.05, 0) is 25.0 Å². The predicted molar refractivity (Wildman–Crippen MR) is 99.3 cm³/mol. The van der Waals surface area contributed by atoms with Crippen molar-refractivity contribution < 1.29 is 14.4 Å². The fourth-order valence-electron chi connectivity index (χ4n) is 3.30. The van der Waals surface area contributed by atoms with Crippen molar-refractivity contribution in [2.45, 2.75) is 37.9 Å². The van der Waals surface area contributed by atoms with E-state index in [9.17, 15) is 14.4 Å². The van der Waals surface area contributed by atoms with E-state index in [-0.39, 0.29) is 30.8 Å². The number of hydrogen-bond donors (Lipinski definition) is 3. The molecule has 3 rings (SSSR count). The molecule has 1 atom stereocenters. The molecule has 0 aliphatic carbocycles. The Balaban J connectivity index is 1.49. The van der Waals surface area contributed by atoms with Crippen molar-refractivity contribution in [2.24, 2.45) is 11.5 Å². The van der Waals surface area contributed by atoms with Gasteiger partial charge in [0.25, 0.3) is 0 Å². The van der Waals surface area contributed by atoms with Crippen molar-refractivity contribution in [1.29, 1.82) is 0 Å². The van der Waals surface area contributed by atoms with E-state index < -0.39 is 11.9 Å². The van der Waals surface area contributed by atoms with Crippen LogP contribution in [0.1, 0.15) is 19.3 Å². The van der Waals surface area contributed by atoms with Gasteiger partial charge in [0.2, 0.25) is 17.7 Å². The maximum atomic E-state index is 12.6. The molecule has 3 amide bonds. The fourth-order valence-corrected chi connectivity index (χ4v) is 3.30. The van der Waals surface area contributed by atoms with Gasteiger partial charge in [-0.2, -0.15) is 0 Å². The van der Waals surface area contributed by atoms with E-state index in [2.05, 4.69) is 10.3 Å². The first-order valence-corrected chi connectivity index (χ1v) is 8.95. The third-order valence-electron chi connectivity index (χ3n) is 4.83. The van der Waals surface area contributed by atoms with Crippen LogP contribution in [0.2, 0.25) is 0 Å². The van der Waals surface area contributed by atoms with Crippen LogP contribution in [0.25, 0.3) is 10.9 Å². The first-order valence-electron chi connectivity index (χ1n) is 8.95. The average molecular weight is 372 g/mol. The van der Waals surface area contributed by atoms with Gasteiger partial charge in [-0.15, -0.1) is 0 Å². The largest absolute Gasteiger partial charge is 0.370 e. The Bertz CT molecular complexity index is 840. The lowest BCUT2D eigenvalue weighted by atomic mass is 10.0. The van der Waals surface area contributed by atoms with Gasteiger partial charge in [0, 0.05) is 36.9 Å². The van der Waals surface area contributed by atoms with Crippen molar-refractivity contribution in [3.8, 4) is 0 Å². The number of carbonyl (C=O) groups is 3. The van der Waals surface area contributed by atoms with Crippen molar-refractivity contribution in [3.63, 3.8) is 0 Å². The Morgan fingerprint density at radius 2 is 2.00 bits per heavy atom. The highest BCUT2D eigenvalue weighted by Gasteiger charge is 2.26. The zero-order valence-electron chi connectivity index (χ0n) is 15.0. The predicted octanol–water partition coefficient (Wildman–Crippen LogP) is -0.654. The molecule has 0 bridgehead atoms. The van der Waals surface area contributed by atoms with Crippen molar-refractivity contribution in [3.05, 3.63) is 30.7 Å². The van der Waals surface area contributed by atoms with Gasteiger partial charge in [-0.3, -0.25) is 19.4 Å². The van der Waals surface area contributed by atoms with E-state index in [1.165, 1.54) is 0 Å². The second-order valence-corrected chi connectivity index (χ2v) is 6.82. The molecule has 0 spiro atoms. The monoisotopic (exact) mass is 372 g/mol. The molecule has 0 radical (unpaired) electrons. The lowest BCUT2D eigenvalue weighted by molar-refractivity contribution is -0.133. The second-order valence-electron chi connectivity index (χ2n) is 6.82. The quantitative estimate of drug-likeness (QED) is 0.619. The molecule has 27 heavy (non-hydrogen) atoms. The van der Waals surface area contributed by atoms with Crippen molar-refractivity contribution in [2.75, 3.05) is 13.1 Å². The lowest BCUT2D eigenvalue weighted by Gasteiger charge is -2.33. The van der Waals surface area contributed by atoms with Crippen LogP contribution >= 0.6 is 0 Å². The highest BCUT2D eigenvalue weighted by molar-refractivity contribution is 5.87. The summed E-state index contributed by atoms with van der Waals surface area (Å²) in [5.41, 5.74) is 11.6. The molecular weight excluding hydrogens is 348 g/mol. The number of primary amides is 1. The summed E-state index contributed by atoms with van der Waals surface area (Å²) in [6.45, 7) is 1.38. The number of pyridine rings is 1. The van der Waals surface area contributed by atoms with Gasteiger partial charge >= 0.3 is 0 Å². The van der Waals surface area contributed by atoms with Crippen LogP contribution in [0.4, 0.5) is 0 Å². The molecule has 1 fully saturated rings. The Morgan fingerprint density at radius 1 is 1.26 bits per heavy atom. The van der Waals surface area contributed by atoms with E-state index in [1.54, 1.807) is 17.3 Å². The number of rotatable bonds is 6. The molecule has 9 nitrogen and oxygen atoms in total. The summed E-state index contributed by atoms with van der Waals surface area (Å²) in [5.74, 6) is -0.956. The van der Waals surface area contributed by atoms with Gasteiger partial charge in [0.1, 0.15) is 6.54 Å². The third-order valence-corrected chi connectivity index (χ3v) is 4.83. The van der Waals surface area contributed by atoms with Crippen LogP contribution in [-0.4, -0.2) is 57.3 Å². The van der Waals surface area contributed by atoms with Gasteiger partial charge in [-0.25, -0.2) is 0 Å². The van der Waals surface area contributed by atoms with Crippen LogP contribution in [-0.2, 0) is 20.9 Å². The van der Waals surface area contributed by atoms with E-state index in [4.69, 9.17) is 11.5 Å². The molecule has 0 aromatic carbocycles. The van der Waals surface area contributed by atoms with Crippen molar-refractivity contribution in [1.82, 2.24) is 19.8 Å². The Labute approximate surface area is 156 Å². The van der Waals surface area contributed by atoms with Gasteiger partial charge in [-0.1, -0.05) is 0 Å². The molecule has 144 valence electrons. The smallest absolute Gasteiger partial charge is 0.242 e. The number of nitrogens with one attached hydrogen (secondary N) is 1. The minimum absolute atomic E-state index is 0.0339. The lowest BCUT2D eigenvalue weighted by Crippen LogP contribution is -2.51. The average Bonchev–Trinajstić information content (AvgIpc) is 3.04. The number of aromatic nitrogens is 2. The molecule has 5 N–H and O–H groups in total. The highest BCUT2D eigenvalue weighted by atomic mass is 16.2. The Hall–Kier alpha value is -2.94. The number of hydrogen-bond acceptors (Lipinski definition) is 5. The normalized spacial score (nSPS) is 16.3. The first kappa shape index (κ1) is 18.8. The maximum Gasteiger partial charge on any atom is 0.242 e. The molecule has 1 saturated heterocycles. The van der Waals surface area contributed by atoms with E-state index in [0.717, 1.165) is 10.9 Å². The summed E-state index contributed by atoms with van der Waals surface area (Å²) in [7, 11) is 0. The van der Waals surface area contributed by atoms with Crippen LogP contribution in [0.15, 0.2) is 30.7 Å². The number of piperidine rings is 1. The van der Waals surface area contributed by atoms with Crippen molar-refractivity contribution >= 4 is 28.6 Å². The van der Waals surface area contributed by atoms with Crippen LogP contribution in [0.3, 0.4) is 0 Å². The summed E-state index contributed by atoms with van der Waals surface area (Å²) in [6.07, 6.45) is 6.48. The minimum Gasteiger partial charge on any atom is -0.370 e. The van der Waals surface area contributed by atoms with Crippen LogP contribution in [0.5, 0.6) is 0 Å². The van der Waals surface area contributed by atoms with E-state index in [1.807, 2.05) is 22.9 Å². The third kappa shape index (κ3) is 4.62. The maximum absolute atomic E-state index is 12.6. The molecule has 9 heteroatoms. The second kappa shape index (κ2) is 8.17. The first-order chi connectivity index (χ1) is 12.9. The van der Waals surface area contributed by atoms with Gasteiger partial charge in [0.15, 0.2) is 0 Å². The summed E-state index contributed by atoms with van der Waals surface area (Å²) in [5, 5.41) is 3.88. The summed E-state index contributed by atoms with van der Waals surface area (Å²) in [6, 6.07) is 2.88. The number of nitrogens with two attached hydrogens (primary N) is 2. The number of likely N-dealkylation sites (tertiary alicyclic amines) is 1. The number of carbonyl (C=O) groups excluding carboxylic acids is 3. The molecule has 2 aromatic heterocycles. The standard InChI is InChI=1S/C18H24N6O3/c19-14(9-16(20)25)18(27)22-13-3-7-23(8-4-13)17(26)11-24-6-2-12-1-5-21-10-15(12)24/h1-2,5-6,10,13-14H,3-4,7-9,11,19H2,(H2,20,25)(H,22,27)/t14-/m1/s1. The van der Waals surface area contributed by atoms with E-state index in [0.29, 0.717) is 25.9 Å². The number of nitrogens with zero attached hydrogens (tertiary/aromatic N) is 3. The molecule has 0 saturated carbocycles. The van der Waals surface area contributed by atoms with Gasteiger partial charge in [0.05, 0.1) is 24.2 Å². The fraction of sp³-hybridized carbons (Fsp3) is 0.444. The molecule has 0 unspecified atom stereocenters. The topological polar surface area (TPSA) is 136 Å². The number of fused-ring (bicyclic) bond motifs is 1. The summed E-state index contributed by atoms with van der Waals surface area (Å²) < 4.78 is 1.89. The Kier molecular flexibility index (Phi) is 5.70. The van der Waals surface area contributed by atoms with Gasteiger partial charge < -0.3 is 26.3 Å². The zero-order chi connectivity index (χ0) is 19.4. The Morgan fingerprint density at radius 3 is 2.70 bits per heavy atom. The molecule has 3 heterocycles. The van der Waals surface area contributed by atoms with Crippen LogP contribution in [0, 0.1) is 0 Å². The molecule has 1 aliphatic rings. The summed E-state index contributed by atoms with van der Waals surface area (Å²) in [4.78, 5) is 41.3. The number of amides is 3. The molecule has 2 aromatic rings. The molecular formula is C18H24N6O3. The highest BCUT2D eigenvalue weighted by Crippen LogP contribution is 2.16. The summed E-state index contributed by atoms with van der Waals surface area (Å²) >= 11 is 0. The van der Waals surface area contributed by atoms with E-state index >= 15 is 0 Å². The zero-order valence-corrected chi connectivity index (χ0v) is 15.0. The molecule has 1 aliphatic heterocycles.